The number of rotatable bonds is 26. The number of amides is 2. The molecule has 2 N–H and O–H groups in total. The molecule has 460 valence electrons. The summed E-state index contributed by atoms with van der Waals surface area (Å²) in [5, 5.41) is 8.97. The minimum absolute atomic E-state index is 0.152. The number of sulfonamides is 2. The Balaban J connectivity index is 0.000000233. The lowest BCUT2D eigenvalue weighted by Crippen LogP contribution is -2.43. The Hall–Kier alpha value is -7.23. The predicted molar refractivity (Wildman–Crippen MR) is 340 cm³/mol. The second-order valence-electron chi connectivity index (χ2n) is 21.7. The van der Waals surface area contributed by atoms with Crippen molar-refractivity contribution in [3.8, 4) is 0 Å². The van der Waals surface area contributed by atoms with Crippen molar-refractivity contribution >= 4 is 36.9 Å². The van der Waals surface area contributed by atoms with E-state index >= 15 is 0 Å². The molecule has 0 unspecified atom stereocenters. The van der Waals surface area contributed by atoms with Crippen LogP contribution in [0, 0.1) is 0 Å². The molecule has 0 bridgehead atoms. The molecule has 8 aromatic carbocycles. The molecule has 0 aromatic heterocycles. The van der Waals surface area contributed by atoms with Crippen LogP contribution in [-0.4, -0.2) is 125 Å². The largest absolute Gasteiger partial charge is 0.379 e. The molecule has 1 atom stereocenters. The molecule has 0 aliphatic carbocycles. The highest BCUT2D eigenvalue weighted by Gasteiger charge is 2.28. The van der Waals surface area contributed by atoms with Gasteiger partial charge in [-0.15, -0.1) is 0 Å². The van der Waals surface area contributed by atoms with E-state index in [1.807, 2.05) is 176 Å². The summed E-state index contributed by atoms with van der Waals surface area (Å²) in [6, 6.07) is 67.0. The first-order valence-electron chi connectivity index (χ1n) is 29.8. The van der Waals surface area contributed by atoms with Crippen LogP contribution in [0.3, 0.4) is 0 Å². The summed E-state index contributed by atoms with van der Waals surface area (Å²) in [6.07, 6.45) is 1.90. The fourth-order valence-electron chi connectivity index (χ4n) is 10.7. The van der Waals surface area contributed by atoms with Gasteiger partial charge in [0.25, 0.3) is 0 Å². The SMILES string of the molecule is C[C@H](NC(=O)N(CCCN1CCOCC1)Cc1ccc(S(=O)(=O)N(Cc2ccccc2)Cc2ccccc2)cc1)c1cccc2ccccc12.FF.O=S(=O)(c1ccc(CNCCCN2CCOCC2)cc1)N(Cc1ccccc1)Cc1ccccc1. The highest BCUT2D eigenvalue weighted by Crippen LogP contribution is 2.27. The third kappa shape index (κ3) is 20.2. The number of carbonyl (C=O) groups is 1. The van der Waals surface area contributed by atoms with Gasteiger partial charge < -0.3 is 25.0 Å². The molecule has 14 nitrogen and oxygen atoms in total. The first-order valence-corrected chi connectivity index (χ1v) is 32.7. The van der Waals surface area contributed by atoms with Crippen molar-refractivity contribution in [2.45, 2.75) is 74.9 Å². The lowest BCUT2D eigenvalue weighted by molar-refractivity contribution is 0.0364. The van der Waals surface area contributed by atoms with Gasteiger partial charge in [-0.1, -0.05) is 188 Å². The number of hydrogen-bond donors (Lipinski definition) is 2. The van der Waals surface area contributed by atoms with Gasteiger partial charge in [0.1, 0.15) is 0 Å². The van der Waals surface area contributed by atoms with Crippen molar-refractivity contribution in [3.63, 3.8) is 0 Å². The third-order valence-corrected chi connectivity index (χ3v) is 19.1. The van der Waals surface area contributed by atoms with Crippen molar-refractivity contribution in [2.24, 2.45) is 0 Å². The fourth-order valence-corrected chi connectivity index (χ4v) is 13.5. The standard InChI is InChI=1S/C41H46N4O4S.C28H35N3O3S.F2/c1-33(39-19-10-17-37-16-8-9-18-40(37)39)42-41(46)44(25-11-24-43-26-28-49-29-27-43)30-36-20-22-38(23-21-36)50(47,48)45(31-34-12-4-2-5-13-34)32-35-14-6-3-7-15-35;32-35(33,31(23-26-8-3-1-4-9-26)24-27-10-5-2-6-11-27)28-14-12-25(13-15-28)22-29-16-7-17-30-18-20-34-21-19-30;1-2/h2-10,12-23,33H,11,24-32H2,1H3,(H,42,46);1-6,8-15,29H,7,16-24H2;/t33-;;/m0../s1. The highest BCUT2D eigenvalue weighted by atomic mass is 32.2. The van der Waals surface area contributed by atoms with Gasteiger partial charge in [0, 0.05) is 87.7 Å². The maximum atomic E-state index is 14.1. The zero-order valence-corrected chi connectivity index (χ0v) is 51.2. The first-order chi connectivity index (χ1) is 42.5. The summed E-state index contributed by atoms with van der Waals surface area (Å²) < 4.78 is 85.3. The van der Waals surface area contributed by atoms with E-state index < -0.39 is 20.0 Å². The minimum Gasteiger partial charge on any atom is -0.379 e. The second kappa shape index (κ2) is 34.3. The number of morpholine rings is 2. The van der Waals surface area contributed by atoms with Crippen LogP contribution < -0.4 is 10.6 Å². The number of benzene rings is 8. The molecule has 87 heavy (non-hydrogen) atoms. The van der Waals surface area contributed by atoms with Crippen LogP contribution in [0.15, 0.2) is 222 Å². The molecule has 2 aliphatic rings. The average Bonchev–Trinajstić information content (AvgIpc) is 3.76. The highest BCUT2D eigenvalue weighted by molar-refractivity contribution is 7.89. The number of ether oxygens (including phenoxy) is 2. The van der Waals surface area contributed by atoms with Crippen molar-refractivity contribution in [2.75, 3.05) is 78.8 Å². The third-order valence-electron chi connectivity index (χ3n) is 15.5. The Morgan fingerprint density at radius 1 is 0.483 bits per heavy atom. The van der Waals surface area contributed by atoms with E-state index in [0.717, 1.165) is 141 Å². The van der Waals surface area contributed by atoms with Crippen LogP contribution in [0.4, 0.5) is 13.9 Å². The van der Waals surface area contributed by atoms with Crippen molar-refractivity contribution in [3.05, 3.63) is 251 Å². The molecule has 18 heteroatoms. The van der Waals surface area contributed by atoms with Crippen molar-refractivity contribution in [1.82, 2.24) is 33.9 Å². The molecule has 2 saturated heterocycles. The fraction of sp³-hybridized carbons (Fsp3) is 0.319. The molecule has 0 radical (unpaired) electrons. The Kier molecular flexibility index (Phi) is 26.0. The van der Waals surface area contributed by atoms with E-state index in [9.17, 15) is 21.6 Å². The van der Waals surface area contributed by atoms with Crippen LogP contribution in [0.5, 0.6) is 0 Å². The number of urea groups is 1. The molecule has 10 rings (SSSR count). The zero-order chi connectivity index (χ0) is 61.1. The van der Waals surface area contributed by atoms with Crippen LogP contribution in [-0.2, 0) is 68.8 Å². The lowest BCUT2D eigenvalue weighted by Gasteiger charge is -2.29. The zero-order valence-electron chi connectivity index (χ0n) is 49.6. The number of carbonyl (C=O) groups excluding carboxylic acids is 1. The van der Waals surface area contributed by atoms with Gasteiger partial charge in [-0.05, 0) is 107 Å². The van der Waals surface area contributed by atoms with Crippen LogP contribution in [0.1, 0.15) is 64.8 Å². The number of fused-ring (bicyclic) bond motifs is 1. The molecular formula is C69H81F2N7O7S2. The van der Waals surface area contributed by atoms with E-state index in [0.29, 0.717) is 31.1 Å². The molecule has 0 spiro atoms. The Labute approximate surface area is 513 Å². The summed E-state index contributed by atoms with van der Waals surface area (Å²) in [4.78, 5) is 21.1. The summed E-state index contributed by atoms with van der Waals surface area (Å²) in [7, 11) is -7.48. The predicted octanol–water partition coefficient (Wildman–Crippen LogP) is 12.0. The number of nitrogens with zero attached hydrogens (tertiary/aromatic N) is 5. The van der Waals surface area contributed by atoms with Gasteiger partial charge in [-0.2, -0.15) is 8.61 Å². The molecule has 8 aromatic rings. The van der Waals surface area contributed by atoms with Crippen LogP contribution in [0.2, 0.25) is 0 Å². The summed E-state index contributed by atoms with van der Waals surface area (Å²) in [5.74, 6) is 0. The smallest absolute Gasteiger partial charge is 0.318 e. The van der Waals surface area contributed by atoms with Crippen molar-refractivity contribution < 1.29 is 40.3 Å². The molecular weight excluding hydrogens is 1140 g/mol. The summed E-state index contributed by atoms with van der Waals surface area (Å²) in [6.45, 7) is 14.6. The molecule has 2 aliphatic heterocycles. The minimum atomic E-state index is -3.83. The Morgan fingerprint density at radius 2 is 0.874 bits per heavy atom. The Bertz CT molecular complexity index is 3430. The maximum absolute atomic E-state index is 14.1. The average molecular weight is 1220 g/mol. The molecule has 2 heterocycles. The van der Waals surface area contributed by atoms with Gasteiger partial charge in [0.05, 0.1) is 42.3 Å². The summed E-state index contributed by atoms with van der Waals surface area (Å²) >= 11 is 0. The van der Waals surface area contributed by atoms with Gasteiger partial charge in [-0.3, -0.25) is 9.80 Å². The Morgan fingerprint density at radius 3 is 1.33 bits per heavy atom. The molecule has 2 fully saturated rings. The maximum Gasteiger partial charge on any atom is 0.318 e. The van der Waals surface area contributed by atoms with Gasteiger partial charge in [0.15, 0.2) is 0 Å². The second-order valence-corrected chi connectivity index (χ2v) is 25.6. The van der Waals surface area contributed by atoms with E-state index in [2.05, 4.69) is 44.7 Å². The molecule has 2 amide bonds. The topological polar surface area (TPSA) is 144 Å². The quantitative estimate of drug-likeness (QED) is 0.0503. The van der Waals surface area contributed by atoms with E-state index in [-0.39, 0.29) is 30.1 Å². The van der Waals surface area contributed by atoms with E-state index in [4.69, 9.17) is 18.6 Å². The summed E-state index contributed by atoms with van der Waals surface area (Å²) in [5.41, 5.74) is 6.76. The van der Waals surface area contributed by atoms with Gasteiger partial charge in [0.2, 0.25) is 20.0 Å². The monoisotopic (exact) mass is 1220 g/mol. The normalized spacial score (nSPS) is 14.4. The number of halogens is 2. The first kappa shape index (κ1) is 65.7. The van der Waals surface area contributed by atoms with E-state index in [1.165, 1.54) is 4.31 Å². The lowest BCUT2D eigenvalue weighted by atomic mass is 10.00. The van der Waals surface area contributed by atoms with Gasteiger partial charge in [-0.25, -0.2) is 21.6 Å². The van der Waals surface area contributed by atoms with Gasteiger partial charge >= 0.3 is 6.03 Å². The number of hydrogen-bond acceptors (Lipinski definition) is 10. The van der Waals surface area contributed by atoms with Crippen LogP contribution >= 0.6 is 0 Å². The number of nitrogens with one attached hydrogen (secondary N) is 2. The van der Waals surface area contributed by atoms with Crippen LogP contribution in [0.25, 0.3) is 10.8 Å². The van der Waals surface area contributed by atoms with Crippen molar-refractivity contribution in [1.29, 1.82) is 0 Å². The van der Waals surface area contributed by atoms with E-state index in [1.54, 1.807) is 28.6 Å². The molecule has 0 saturated carbocycles.